The molecule has 1 atom stereocenters. The Morgan fingerprint density at radius 2 is 2.14 bits per heavy atom. The summed E-state index contributed by atoms with van der Waals surface area (Å²) in [5, 5.41) is 9.07. The zero-order valence-corrected chi connectivity index (χ0v) is 9.71. The molecule has 0 saturated heterocycles. The lowest BCUT2D eigenvalue weighted by atomic mass is 9.94. The number of hydrogen-bond donors (Lipinski definition) is 1. The summed E-state index contributed by atoms with van der Waals surface area (Å²) in [6.45, 7) is 5.88. The van der Waals surface area contributed by atoms with Gasteiger partial charge in [-0.3, -0.25) is 4.57 Å². The van der Waals surface area contributed by atoms with Crippen LogP contribution in [0.2, 0.25) is 0 Å². The first kappa shape index (κ1) is 13.5. The van der Waals surface area contributed by atoms with Crippen LogP contribution in [-0.2, 0) is 14.1 Å². The second-order valence-electron chi connectivity index (χ2n) is 3.62. The summed E-state index contributed by atoms with van der Waals surface area (Å²) < 4.78 is 15.8. The van der Waals surface area contributed by atoms with Gasteiger partial charge < -0.3 is 9.84 Å². The van der Waals surface area contributed by atoms with Crippen molar-refractivity contribution in [3.05, 3.63) is 0 Å². The molecule has 0 amide bonds. The predicted octanol–water partition coefficient (Wildman–Crippen LogP) is 2.18. The standard InChI is InChI=1S/C9H17O4P/c1-4-13-9(6-14-12,8(10)11)5-7(2)3/h7H,4-6H2,1-3H3,(H,10,11). The Labute approximate surface area is 85.8 Å². The van der Waals surface area contributed by atoms with E-state index in [4.69, 9.17) is 9.84 Å². The SMILES string of the molecule is CCOC(CP=O)(CC(C)C)C(=O)O. The number of ether oxygens (including phenoxy) is 1. The third kappa shape index (κ3) is 3.72. The van der Waals surface area contributed by atoms with Crippen molar-refractivity contribution in [2.75, 3.05) is 12.8 Å². The first-order chi connectivity index (χ1) is 6.48. The molecule has 1 unspecified atom stereocenters. The second-order valence-corrected chi connectivity index (χ2v) is 4.19. The quantitative estimate of drug-likeness (QED) is 0.668. The molecule has 0 heterocycles. The van der Waals surface area contributed by atoms with Crippen molar-refractivity contribution in [2.24, 2.45) is 5.92 Å². The summed E-state index contributed by atoms with van der Waals surface area (Å²) in [4.78, 5) is 11.1. The van der Waals surface area contributed by atoms with E-state index in [2.05, 4.69) is 0 Å². The minimum atomic E-state index is -1.29. The van der Waals surface area contributed by atoms with E-state index in [9.17, 15) is 9.36 Å². The van der Waals surface area contributed by atoms with Crippen LogP contribution in [0.4, 0.5) is 0 Å². The van der Waals surface area contributed by atoms with Gasteiger partial charge in [0.25, 0.3) is 0 Å². The summed E-state index contributed by atoms with van der Waals surface area (Å²) in [5.41, 5.74) is -1.29. The first-order valence-electron chi connectivity index (χ1n) is 4.65. The maximum Gasteiger partial charge on any atom is 0.336 e. The zero-order chi connectivity index (χ0) is 11.2. The maximum atomic E-state index is 11.1. The smallest absolute Gasteiger partial charge is 0.336 e. The molecular formula is C9H17O4P. The minimum absolute atomic E-state index is 0.00829. The molecule has 0 aromatic heterocycles. The Kier molecular flexibility index (Phi) is 5.89. The molecule has 0 bridgehead atoms. The summed E-state index contributed by atoms with van der Waals surface area (Å²) in [6.07, 6.45) is 0.389. The molecule has 14 heavy (non-hydrogen) atoms. The topological polar surface area (TPSA) is 63.6 Å². The van der Waals surface area contributed by atoms with Gasteiger partial charge in [0.2, 0.25) is 0 Å². The normalized spacial score (nSPS) is 15.7. The Balaban J connectivity index is 4.72. The van der Waals surface area contributed by atoms with Crippen molar-refractivity contribution in [2.45, 2.75) is 32.8 Å². The minimum Gasteiger partial charge on any atom is -0.479 e. The highest BCUT2D eigenvalue weighted by molar-refractivity contribution is 7.23. The Hall–Kier alpha value is -0.470. The molecule has 0 saturated carbocycles. The van der Waals surface area contributed by atoms with Crippen LogP contribution in [0.3, 0.4) is 0 Å². The van der Waals surface area contributed by atoms with E-state index in [1.807, 2.05) is 13.8 Å². The van der Waals surface area contributed by atoms with Crippen LogP contribution in [0, 0.1) is 5.92 Å². The van der Waals surface area contributed by atoms with Gasteiger partial charge in [-0.15, -0.1) is 0 Å². The van der Waals surface area contributed by atoms with Crippen LogP contribution < -0.4 is 0 Å². The van der Waals surface area contributed by atoms with Crippen molar-refractivity contribution < 1.29 is 19.2 Å². The summed E-state index contributed by atoms with van der Waals surface area (Å²) in [6, 6.07) is 0. The number of rotatable bonds is 7. The third-order valence-electron chi connectivity index (χ3n) is 1.87. The Morgan fingerprint density at radius 1 is 1.57 bits per heavy atom. The average Bonchev–Trinajstić information content (AvgIpc) is 2.03. The fourth-order valence-electron chi connectivity index (χ4n) is 1.43. The molecule has 0 radical (unpaired) electrons. The van der Waals surface area contributed by atoms with Crippen LogP contribution in [0.25, 0.3) is 0 Å². The van der Waals surface area contributed by atoms with Crippen LogP contribution >= 0.6 is 8.46 Å². The van der Waals surface area contributed by atoms with Gasteiger partial charge in [0.05, 0.1) is 6.16 Å². The maximum absolute atomic E-state index is 11.1. The molecule has 0 aliphatic carbocycles. The molecule has 0 aromatic carbocycles. The lowest BCUT2D eigenvalue weighted by Gasteiger charge is -2.28. The number of carboxylic acids is 1. The molecule has 0 fully saturated rings. The summed E-state index contributed by atoms with van der Waals surface area (Å²) in [5.74, 6) is -0.837. The number of carbonyl (C=O) groups is 1. The van der Waals surface area contributed by atoms with E-state index in [0.717, 1.165) is 0 Å². The van der Waals surface area contributed by atoms with Crippen molar-refractivity contribution in [1.29, 1.82) is 0 Å². The van der Waals surface area contributed by atoms with Gasteiger partial charge in [0.15, 0.2) is 14.1 Å². The Bertz CT molecular complexity index is 205. The third-order valence-corrected chi connectivity index (χ3v) is 2.51. The molecule has 0 aromatic rings. The molecule has 1 N–H and O–H groups in total. The molecule has 5 heteroatoms. The number of aliphatic carboxylic acids is 1. The average molecular weight is 220 g/mol. The van der Waals surface area contributed by atoms with Gasteiger partial charge in [0, 0.05) is 6.61 Å². The lowest BCUT2D eigenvalue weighted by Crippen LogP contribution is -2.44. The fourth-order valence-corrected chi connectivity index (χ4v) is 1.99. The van der Waals surface area contributed by atoms with Crippen molar-refractivity contribution in [1.82, 2.24) is 0 Å². The van der Waals surface area contributed by atoms with Crippen molar-refractivity contribution in [3.8, 4) is 0 Å². The van der Waals surface area contributed by atoms with E-state index in [-0.39, 0.29) is 20.5 Å². The predicted molar refractivity (Wildman–Crippen MR) is 53.9 cm³/mol. The van der Waals surface area contributed by atoms with Crippen molar-refractivity contribution >= 4 is 14.4 Å². The summed E-state index contributed by atoms with van der Waals surface area (Å²) in [7, 11) is -0.191. The Morgan fingerprint density at radius 3 is 2.43 bits per heavy atom. The molecule has 0 spiro atoms. The van der Waals surface area contributed by atoms with Gasteiger partial charge in [-0.25, -0.2) is 4.79 Å². The second kappa shape index (κ2) is 6.10. The van der Waals surface area contributed by atoms with Gasteiger partial charge in [-0.05, 0) is 19.3 Å². The largest absolute Gasteiger partial charge is 0.479 e. The van der Waals surface area contributed by atoms with Crippen molar-refractivity contribution in [3.63, 3.8) is 0 Å². The van der Waals surface area contributed by atoms with Crippen LogP contribution in [-0.4, -0.2) is 29.4 Å². The fraction of sp³-hybridized carbons (Fsp3) is 0.889. The monoisotopic (exact) mass is 220 g/mol. The van der Waals surface area contributed by atoms with E-state index in [0.29, 0.717) is 13.0 Å². The molecule has 0 aliphatic heterocycles. The number of hydrogen-bond acceptors (Lipinski definition) is 3. The van der Waals surface area contributed by atoms with E-state index < -0.39 is 11.6 Å². The highest BCUT2D eigenvalue weighted by Gasteiger charge is 2.40. The van der Waals surface area contributed by atoms with Gasteiger partial charge in [0.1, 0.15) is 0 Å². The summed E-state index contributed by atoms with van der Waals surface area (Å²) >= 11 is 0. The molecule has 4 nitrogen and oxygen atoms in total. The first-order valence-corrected chi connectivity index (χ1v) is 5.64. The van der Waals surface area contributed by atoms with Crippen LogP contribution in [0.15, 0.2) is 0 Å². The van der Waals surface area contributed by atoms with E-state index >= 15 is 0 Å². The molecule has 0 aliphatic rings. The highest BCUT2D eigenvalue weighted by atomic mass is 31.1. The number of carboxylic acid groups (broad SMARTS) is 1. The molecular weight excluding hydrogens is 203 g/mol. The molecule has 82 valence electrons. The van der Waals surface area contributed by atoms with E-state index in [1.165, 1.54) is 0 Å². The van der Waals surface area contributed by atoms with Crippen LogP contribution in [0.1, 0.15) is 27.2 Å². The van der Waals surface area contributed by atoms with Gasteiger partial charge in [-0.2, -0.15) is 0 Å². The van der Waals surface area contributed by atoms with Crippen LogP contribution in [0.5, 0.6) is 0 Å². The van der Waals surface area contributed by atoms with Gasteiger partial charge in [-0.1, -0.05) is 13.8 Å². The highest BCUT2D eigenvalue weighted by Crippen LogP contribution is 2.25. The zero-order valence-electron chi connectivity index (χ0n) is 8.82. The molecule has 0 rings (SSSR count). The van der Waals surface area contributed by atoms with Gasteiger partial charge >= 0.3 is 5.97 Å². The lowest BCUT2D eigenvalue weighted by molar-refractivity contribution is -0.164. The van der Waals surface area contributed by atoms with E-state index in [1.54, 1.807) is 6.92 Å².